The van der Waals surface area contributed by atoms with Crippen LogP contribution in [0, 0.1) is 0 Å². The lowest BCUT2D eigenvalue weighted by Crippen LogP contribution is -2.56. The normalized spacial score (nSPS) is 23.4. The Morgan fingerprint density at radius 1 is 0.971 bits per heavy atom. The van der Waals surface area contributed by atoms with Crippen molar-refractivity contribution in [3.8, 4) is 0 Å². The van der Waals surface area contributed by atoms with E-state index in [1.54, 1.807) is 0 Å². The molecule has 0 radical (unpaired) electrons. The summed E-state index contributed by atoms with van der Waals surface area (Å²) >= 11 is 0. The maximum absolute atomic E-state index is 13.0. The molecular formula is C20H41BN8O5. The van der Waals surface area contributed by atoms with Crippen LogP contribution in [0.4, 0.5) is 0 Å². The lowest BCUT2D eigenvalue weighted by atomic mass is 9.76. The predicted octanol–water partition coefficient (Wildman–Crippen LogP) is -3.20. The zero-order valence-corrected chi connectivity index (χ0v) is 19.8. The Labute approximate surface area is 201 Å². The number of hydrogen-bond donors (Lipinski definition) is 9. The standard InChI is InChI=1S/C20H41BN8O5/c22-10-3-1-6-14-18(31)28-15(7-5-12-27-20(23)24)19(32)29-16(21(33)34)8-2-4-11-26-17(30)9-13-25-14/h14-16,25,33-34H,1-13,22H2,(H,26,30)(H,28,31)(H,29,32)(H4,23,24,27)/t14-,15-,16-/m0/s1. The molecule has 0 aromatic rings. The zero-order valence-electron chi connectivity index (χ0n) is 19.8. The minimum atomic E-state index is -1.76. The van der Waals surface area contributed by atoms with E-state index in [9.17, 15) is 24.4 Å². The monoisotopic (exact) mass is 484 g/mol. The number of nitrogens with one attached hydrogen (secondary N) is 4. The summed E-state index contributed by atoms with van der Waals surface area (Å²) in [5, 5.41) is 30.7. The second-order valence-corrected chi connectivity index (χ2v) is 8.43. The SMILES string of the molecule is NCCCC[C@@H]1NCCC(=O)NCCCC[C@@H](B(O)O)NC(=O)[C@H](CCCN=C(N)N)NC1=O. The van der Waals surface area contributed by atoms with E-state index < -0.39 is 31.1 Å². The average Bonchev–Trinajstić information content (AvgIpc) is 2.77. The van der Waals surface area contributed by atoms with Gasteiger partial charge in [-0.2, -0.15) is 0 Å². The van der Waals surface area contributed by atoms with E-state index in [-0.39, 0.29) is 37.2 Å². The van der Waals surface area contributed by atoms with Crippen LogP contribution in [0.25, 0.3) is 0 Å². The van der Waals surface area contributed by atoms with E-state index in [1.165, 1.54) is 0 Å². The van der Waals surface area contributed by atoms with E-state index in [2.05, 4.69) is 26.3 Å². The van der Waals surface area contributed by atoms with E-state index in [0.717, 1.165) is 6.42 Å². The van der Waals surface area contributed by atoms with Gasteiger partial charge in [0.05, 0.1) is 12.0 Å². The van der Waals surface area contributed by atoms with Crippen LogP contribution < -0.4 is 38.5 Å². The lowest BCUT2D eigenvalue weighted by Gasteiger charge is -2.26. The van der Waals surface area contributed by atoms with E-state index in [1.807, 2.05) is 0 Å². The molecule has 12 N–H and O–H groups in total. The average molecular weight is 484 g/mol. The number of carbonyl (C=O) groups excluding carboxylic acids is 3. The molecule has 0 bridgehead atoms. The first-order valence-corrected chi connectivity index (χ1v) is 12.0. The predicted molar refractivity (Wildman–Crippen MR) is 130 cm³/mol. The van der Waals surface area contributed by atoms with Crippen molar-refractivity contribution in [3.63, 3.8) is 0 Å². The van der Waals surface area contributed by atoms with Crippen LogP contribution in [0.5, 0.6) is 0 Å². The Balaban J connectivity index is 3.01. The Morgan fingerprint density at radius 2 is 1.68 bits per heavy atom. The van der Waals surface area contributed by atoms with Crippen LogP contribution in [0.1, 0.15) is 57.8 Å². The minimum absolute atomic E-state index is 0.0665. The van der Waals surface area contributed by atoms with Crippen molar-refractivity contribution < 1.29 is 24.4 Å². The van der Waals surface area contributed by atoms with Crippen molar-refractivity contribution in [1.82, 2.24) is 21.3 Å². The van der Waals surface area contributed by atoms with Crippen LogP contribution in [0.3, 0.4) is 0 Å². The van der Waals surface area contributed by atoms with Gasteiger partial charge in [-0.1, -0.05) is 12.8 Å². The number of carbonyl (C=O) groups is 3. The number of guanidine groups is 1. The molecule has 3 amide bonds. The molecule has 13 nitrogen and oxygen atoms in total. The molecule has 0 unspecified atom stereocenters. The first-order valence-electron chi connectivity index (χ1n) is 12.0. The molecule has 1 heterocycles. The molecule has 3 atom stereocenters. The van der Waals surface area contributed by atoms with Crippen LogP contribution in [-0.2, 0) is 14.4 Å². The third-order valence-electron chi connectivity index (χ3n) is 5.54. The highest BCUT2D eigenvalue weighted by Gasteiger charge is 2.30. The van der Waals surface area contributed by atoms with Crippen LogP contribution >= 0.6 is 0 Å². The van der Waals surface area contributed by atoms with Crippen molar-refractivity contribution in [1.29, 1.82) is 0 Å². The third kappa shape index (κ3) is 12.7. The summed E-state index contributed by atoms with van der Waals surface area (Å²) in [4.78, 5) is 42.0. The summed E-state index contributed by atoms with van der Waals surface area (Å²) < 4.78 is 0. The molecule has 1 fully saturated rings. The van der Waals surface area contributed by atoms with Gasteiger partial charge in [-0.15, -0.1) is 0 Å². The van der Waals surface area contributed by atoms with Crippen LogP contribution in [-0.4, -0.2) is 85.1 Å². The first-order chi connectivity index (χ1) is 16.2. The van der Waals surface area contributed by atoms with Crippen molar-refractivity contribution in [3.05, 3.63) is 0 Å². The van der Waals surface area contributed by atoms with Crippen LogP contribution in [0.15, 0.2) is 4.99 Å². The molecule has 1 saturated heterocycles. The van der Waals surface area contributed by atoms with Gasteiger partial charge in [-0.05, 0) is 45.1 Å². The summed E-state index contributed by atoms with van der Waals surface area (Å²) in [5.41, 5.74) is 16.3. The molecule has 0 aliphatic carbocycles. The number of unbranched alkanes of at least 4 members (excludes halogenated alkanes) is 1. The van der Waals surface area contributed by atoms with Gasteiger partial charge in [-0.3, -0.25) is 19.4 Å². The Kier molecular flexibility index (Phi) is 14.9. The summed E-state index contributed by atoms with van der Waals surface area (Å²) in [6.45, 7) is 1.53. The van der Waals surface area contributed by atoms with Crippen LogP contribution in [0.2, 0.25) is 0 Å². The molecule has 1 aliphatic heterocycles. The maximum atomic E-state index is 13.0. The number of amides is 3. The number of hydrogen-bond acceptors (Lipinski definition) is 8. The van der Waals surface area contributed by atoms with E-state index in [0.29, 0.717) is 58.2 Å². The maximum Gasteiger partial charge on any atom is 0.475 e. The molecule has 1 aliphatic rings. The Morgan fingerprint density at radius 3 is 2.35 bits per heavy atom. The summed E-state index contributed by atoms with van der Waals surface area (Å²) in [5.74, 6) is -2.01. The second-order valence-electron chi connectivity index (χ2n) is 8.43. The van der Waals surface area contributed by atoms with Gasteiger partial charge >= 0.3 is 7.12 Å². The minimum Gasteiger partial charge on any atom is -0.426 e. The number of nitrogens with two attached hydrogens (primary N) is 3. The summed E-state index contributed by atoms with van der Waals surface area (Å²) in [6, 6.07) is -1.53. The molecule has 1 rings (SSSR count). The van der Waals surface area contributed by atoms with Crippen molar-refractivity contribution in [2.24, 2.45) is 22.2 Å². The molecule has 0 saturated carbocycles. The van der Waals surface area contributed by atoms with Gasteiger partial charge in [-0.25, -0.2) is 0 Å². The zero-order chi connectivity index (χ0) is 25.3. The lowest BCUT2D eigenvalue weighted by molar-refractivity contribution is -0.130. The fourth-order valence-electron chi connectivity index (χ4n) is 3.61. The quantitative estimate of drug-likeness (QED) is 0.0693. The number of nitrogens with zero attached hydrogens (tertiary/aromatic N) is 1. The molecule has 14 heteroatoms. The fraction of sp³-hybridized carbons (Fsp3) is 0.800. The highest BCUT2D eigenvalue weighted by Crippen LogP contribution is 2.08. The Hall–Kier alpha value is -2.42. The topological polar surface area (TPSA) is 230 Å². The van der Waals surface area contributed by atoms with E-state index >= 15 is 0 Å². The highest BCUT2D eigenvalue weighted by molar-refractivity contribution is 6.43. The molecule has 194 valence electrons. The first kappa shape index (κ1) is 29.6. The summed E-state index contributed by atoms with van der Waals surface area (Å²) in [6.07, 6.45) is 4.31. The van der Waals surface area contributed by atoms with Crippen molar-refractivity contribution in [2.45, 2.75) is 75.8 Å². The number of rotatable bonds is 9. The smallest absolute Gasteiger partial charge is 0.426 e. The van der Waals surface area contributed by atoms with Gasteiger partial charge < -0.3 is 48.5 Å². The molecule has 0 spiro atoms. The van der Waals surface area contributed by atoms with Gasteiger partial charge in [0, 0.05) is 26.1 Å². The van der Waals surface area contributed by atoms with Gasteiger partial charge in [0.2, 0.25) is 17.7 Å². The van der Waals surface area contributed by atoms with Crippen molar-refractivity contribution in [2.75, 3.05) is 26.2 Å². The van der Waals surface area contributed by atoms with Crippen molar-refractivity contribution >= 4 is 30.8 Å². The largest absolute Gasteiger partial charge is 0.475 e. The second kappa shape index (κ2) is 17.1. The third-order valence-corrected chi connectivity index (χ3v) is 5.54. The number of aliphatic imine (C=N–C) groups is 1. The van der Waals surface area contributed by atoms with Gasteiger partial charge in [0.15, 0.2) is 5.96 Å². The molecule has 0 aromatic carbocycles. The molecular weight excluding hydrogens is 443 g/mol. The summed E-state index contributed by atoms with van der Waals surface area (Å²) in [7, 11) is -1.76. The molecule has 34 heavy (non-hydrogen) atoms. The van der Waals surface area contributed by atoms with Gasteiger partial charge in [0.25, 0.3) is 0 Å². The Bertz CT molecular complexity index is 663. The fourth-order valence-corrected chi connectivity index (χ4v) is 3.61. The van der Waals surface area contributed by atoms with E-state index in [4.69, 9.17) is 17.2 Å². The molecule has 0 aromatic heterocycles. The highest BCUT2D eigenvalue weighted by atomic mass is 16.4. The van der Waals surface area contributed by atoms with Gasteiger partial charge in [0.1, 0.15) is 6.04 Å².